The quantitative estimate of drug-likeness (QED) is 0.129. The van der Waals surface area contributed by atoms with Gasteiger partial charge >= 0.3 is 0 Å². The third kappa shape index (κ3) is 7.24. The minimum atomic E-state index is -0.137. The summed E-state index contributed by atoms with van der Waals surface area (Å²) in [6, 6.07) is 31.3. The van der Waals surface area contributed by atoms with Gasteiger partial charge in [0.1, 0.15) is 18.1 Å². The van der Waals surface area contributed by atoms with Crippen molar-refractivity contribution in [3.63, 3.8) is 0 Å². The smallest absolute Gasteiger partial charge is 0.267 e. The number of thioether (sulfide) groups is 1. The number of hydrogen-bond acceptors (Lipinski definition) is 6. The van der Waals surface area contributed by atoms with Crippen molar-refractivity contribution in [1.29, 1.82) is 0 Å². The molecule has 0 bridgehead atoms. The molecular formula is C32H27N3O3S. The Hall–Kier alpha value is -4.62. The summed E-state index contributed by atoms with van der Waals surface area (Å²) in [5.41, 5.74) is 3.98. The van der Waals surface area contributed by atoms with Crippen molar-refractivity contribution >= 4 is 35.1 Å². The fourth-order valence-electron chi connectivity index (χ4n) is 3.91. The van der Waals surface area contributed by atoms with E-state index in [0.717, 1.165) is 28.0 Å². The average Bonchev–Trinajstić information content (AvgIpc) is 3.58. The average molecular weight is 534 g/mol. The van der Waals surface area contributed by atoms with Crippen molar-refractivity contribution in [3.05, 3.63) is 142 Å². The molecule has 7 heteroatoms. The Morgan fingerprint density at radius 3 is 2.49 bits per heavy atom. The van der Waals surface area contributed by atoms with E-state index in [9.17, 15) is 4.79 Å². The molecule has 0 N–H and O–H groups in total. The number of ether oxygens (including phenoxy) is 1. The van der Waals surface area contributed by atoms with Crippen LogP contribution in [0, 0.1) is 0 Å². The van der Waals surface area contributed by atoms with Crippen molar-refractivity contribution in [2.75, 3.05) is 0 Å². The number of furan rings is 1. The Kier molecular flexibility index (Phi) is 8.51. The SMILES string of the molecule is CC(/C=C1\S/C(=N\N=C\c2cccc(OCc3ccccc3)c2)N(Cc2ccco2)C1=O)=C\c1ccccc1. The Bertz CT molecular complexity index is 1530. The molecule has 3 aromatic carbocycles. The first-order valence-corrected chi connectivity index (χ1v) is 13.3. The number of benzene rings is 3. The van der Waals surface area contributed by atoms with Gasteiger partial charge in [0.15, 0.2) is 5.17 Å². The van der Waals surface area contributed by atoms with Gasteiger partial charge in [-0.15, -0.1) is 5.10 Å². The van der Waals surface area contributed by atoms with E-state index >= 15 is 0 Å². The third-order valence-corrected chi connectivity index (χ3v) is 6.79. The second-order valence-corrected chi connectivity index (χ2v) is 9.86. The third-order valence-electron chi connectivity index (χ3n) is 5.79. The van der Waals surface area contributed by atoms with Crippen LogP contribution in [0.25, 0.3) is 6.08 Å². The van der Waals surface area contributed by atoms with Gasteiger partial charge < -0.3 is 9.15 Å². The summed E-state index contributed by atoms with van der Waals surface area (Å²) >= 11 is 1.30. The van der Waals surface area contributed by atoms with Crippen molar-refractivity contribution in [2.24, 2.45) is 10.2 Å². The van der Waals surface area contributed by atoms with Crippen LogP contribution in [0.1, 0.15) is 29.4 Å². The Labute approximate surface area is 232 Å². The molecule has 1 fully saturated rings. The largest absolute Gasteiger partial charge is 0.489 e. The van der Waals surface area contributed by atoms with Gasteiger partial charge in [-0.2, -0.15) is 5.10 Å². The summed E-state index contributed by atoms with van der Waals surface area (Å²) < 4.78 is 11.4. The minimum Gasteiger partial charge on any atom is -0.489 e. The van der Waals surface area contributed by atoms with Crippen molar-refractivity contribution in [3.8, 4) is 5.75 Å². The second-order valence-electron chi connectivity index (χ2n) is 8.85. The molecule has 1 amide bonds. The van der Waals surface area contributed by atoms with Crippen LogP contribution >= 0.6 is 11.8 Å². The maximum Gasteiger partial charge on any atom is 0.267 e. The van der Waals surface area contributed by atoms with E-state index in [-0.39, 0.29) is 12.5 Å². The predicted octanol–water partition coefficient (Wildman–Crippen LogP) is 7.31. The van der Waals surface area contributed by atoms with Gasteiger partial charge in [-0.1, -0.05) is 78.9 Å². The number of amidine groups is 1. The number of allylic oxidation sites excluding steroid dienone is 2. The molecule has 39 heavy (non-hydrogen) atoms. The molecule has 0 aliphatic carbocycles. The predicted molar refractivity (Wildman–Crippen MR) is 157 cm³/mol. The van der Waals surface area contributed by atoms with Crippen LogP contribution in [0.2, 0.25) is 0 Å². The highest BCUT2D eigenvalue weighted by Crippen LogP contribution is 2.33. The molecule has 5 rings (SSSR count). The molecular weight excluding hydrogens is 506 g/mol. The maximum atomic E-state index is 13.3. The molecule has 1 aliphatic rings. The zero-order chi connectivity index (χ0) is 26.9. The van der Waals surface area contributed by atoms with E-state index < -0.39 is 0 Å². The van der Waals surface area contributed by atoms with Crippen LogP contribution in [-0.2, 0) is 17.9 Å². The van der Waals surface area contributed by atoms with Crippen LogP contribution < -0.4 is 4.74 Å². The lowest BCUT2D eigenvalue weighted by atomic mass is 10.1. The Balaban J connectivity index is 1.33. The number of rotatable bonds is 9. The van der Waals surface area contributed by atoms with E-state index in [1.54, 1.807) is 23.4 Å². The van der Waals surface area contributed by atoms with Gasteiger partial charge in [-0.3, -0.25) is 9.69 Å². The summed E-state index contributed by atoms with van der Waals surface area (Å²) in [6.07, 6.45) is 7.17. The van der Waals surface area contributed by atoms with Crippen LogP contribution in [0.5, 0.6) is 5.75 Å². The molecule has 0 spiro atoms. The summed E-state index contributed by atoms with van der Waals surface area (Å²) in [4.78, 5) is 15.5. The van der Waals surface area contributed by atoms with Gasteiger partial charge in [-0.05, 0) is 71.3 Å². The molecule has 6 nitrogen and oxygen atoms in total. The highest BCUT2D eigenvalue weighted by molar-refractivity contribution is 8.18. The van der Waals surface area contributed by atoms with E-state index in [0.29, 0.717) is 22.4 Å². The van der Waals surface area contributed by atoms with Gasteiger partial charge in [0.05, 0.1) is 23.9 Å². The number of carbonyl (C=O) groups is 1. The van der Waals surface area contributed by atoms with Crippen LogP contribution in [0.4, 0.5) is 0 Å². The molecule has 0 atom stereocenters. The lowest BCUT2D eigenvalue weighted by molar-refractivity contribution is -0.122. The number of nitrogens with zero attached hydrogens (tertiary/aromatic N) is 3. The lowest BCUT2D eigenvalue weighted by Crippen LogP contribution is -2.28. The first-order valence-electron chi connectivity index (χ1n) is 12.5. The summed E-state index contributed by atoms with van der Waals surface area (Å²) in [7, 11) is 0. The number of amides is 1. The lowest BCUT2D eigenvalue weighted by Gasteiger charge is -2.12. The van der Waals surface area contributed by atoms with Gasteiger partial charge in [0.2, 0.25) is 0 Å². The molecule has 0 unspecified atom stereocenters. The topological polar surface area (TPSA) is 67.4 Å². The van der Waals surface area contributed by atoms with Crippen molar-refractivity contribution in [1.82, 2.24) is 4.90 Å². The normalized spacial score (nSPS) is 16.1. The fourth-order valence-corrected chi connectivity index (χ4v) is 4.90. The number of hydrogen-bond donors (Lipinski definition) is 0. The highest BCUT2D eigenvalue weighted by atomic mass is 32.2. The van der Waals surface area contributed by atoms with Crippen LogP contribution in [0.3, 0.4) is 0 Å². The zero-order valence-electron chi connectivity index (χ0n) is 21.4. The molecule has 4 aromatic rings. The fraction of sp³-hybridized carbons (Fsp3) is 0.0938. The highest BCUT2D eigenvalue weighted by Gasteiger charge is 2.34. The second kappa shape index (κ2) is 12.8. The minimum absolute atomic E-state index is 0.137. The molecule has 2 heterocycles. The zero-order valence-corrected chi connectivity index (χ0v) is 22.3. The first-order chi connectivity index (χ1) is 19.1. The maximum absolute atomic E-state index is 13.3. The molecule has 0 radical (unpaired) electrons. The van der Waals surface area contributed by atoms with E-state index in [1.807, 2.05) is 110 Å². The Morgan fingerprint density at radius 1 is 0.949 bits per heavy atom. The molecule has 0 saturated carbocycles. The molecule has 1 saturated heterocycles. The monoisotopic (exact) mass is 533 g/mol. The van der Waals surface area contributed by atoms with Gasteiger partial charge in [-0.25, -0.2) is 0 Å². The van der Waals surface area contributed by atoms with Gasteiger partial charge in [0, 0.05) is 0 Å². The summed E-state index contributed by atoms with van der Waals surface area (Å²) in [5.74, 6) is 1.27. The van der Waals surface area contributed by atoms with Gasteiger partial charge in [0.25, 0.3) is 5.91 Å². The Morgan fingerprint density at radius 2 is 1.72 bits per heavy atom. The van der Waals surface area contributed by atoms with E-state index in [1.165, 1.54) is 11.8 Å². The van der Waals surface area contributed by atoms with Crippen molar-refractivity contribution < 1.29 is 13.9 Å². The first kappa shape index (κ1) is 26.0. The molecule has 1 aliphatic heterocycles. The van der Waals surface area contributed by atoms with E-state index in [4.69, 9.17) is 9.15 Å². The number of carbonyl (C=O) groups excluding carboxylic acids is 1. The molecule has 194 valence electrons. The molecule has 1 aromatic heterocycles. The van der Waals surface area contributed by atoms with Crippen LogP contribution in [-0.4, -0.2) is 22.2 Å². The van der Waals surface area contributed by atoms with E-state index in [2.05, 4.69) is 10.2 Å². The standard InChI is InChI=1S/C32H27N3O3S/c1-24(18-25-10-4-2-5-11-25)19-30-31(36)35(22-29-16-9-17-37-29)32(39-30)34-33-21-27-14-8-15-28(20-27)38-23-26-12-6-3-7-13-26/h2-21H,22-23H2,1H3/b24-18+,30-19-,33-21+,34-32-. The summed E-state index contributed by atoms with van der Waals surface area (Å²) in [6.45, 7) is 2.73. The van der Waals surface area contributed by atoms with Crippen molar-refractivity contribution in [2.45, 2.75) is 20.1 Å². The summed E-state index contributed by atoms with van der Waals surface area (Å²) in [5, 5.41) is 9.19. The van der Waals surface area contributed by atoms with Crippen LogP contribution in [0.15, 0.2) is 134 Å².